The highest BCUT2D eigenvalue weighted by Gasteiger charge is 2.41. The standard InChI is InChI=1S/C15H20ClNO3S/c16-12-4-1-3-11(9-12)14-10-15(14)17-21(18,19)8-6-13-5-2-7-20-13/h1,3-4,9,13-15,17H,2,5-8,10H2/t13-,14-,15+/m0/s1. The normalized spacial score (nSPS) is 28.7. The van der Waals surface area contributed by atoms with Crippen LogP contribution in [0.25, 0.3) is 0 Å². The zero-order valence-corrected chi connectivity index (χ0v) is 13.4. The molecule has 1 heterocycles. The van der Waals surface area contributed by atoms with Gasteiger partial charge in [-0.15, -0.1) is 0 Å². The Kier molecular flexibility index (Phi) is 4.54. The molecule has 1 aromatic carbocycles. The van der Waals surface area contributed by atoms with Gasteiger partial charge in [0.1, 0.15) is 0 Å². The second kappa shape index (κ2) is 6.24. The van der Waals surface area contributed by atoms with E-state index in [1.54, 1.807) is 0 Å². The zero-order chi connectivity index (χ0) is 14.9. The second-order valence-corrected chi connectivity index (χ2v) is 8.17. The number of ether oxygens (including phenoxy) is 1. The summed E-state index contributed by atoms with van der Waals surface area (Å²) in [5.41, 5.74) is 1.11. The van der Waals surface area contributed by atoms with Crippen LogP contribution in [0.15, 0.2) is 24.3 Å². The molecule has 2 fully saturated rings. The van der Waals surface area contributed by atoms with Crippen molar-refractivity contribution in [3.63, 3.8) is 0 Å². The molecule has 2 aliphatic rings. The van der Waals surface area contributed by atoms with Crippen LogP contribution >= 0.6 is 11.6 Å². The summed E-state index contributed by atoms with van der Waals surface area (Å²) in [6, 6.07) is 7.65. The van der Waals surface area contributed by atoms with Crippen molar-refractivity contribution in [1.29, 1.82) is 0 Å². The first kappa shape index (κ1) is 15.3. The van der Waals surface area contributed by atoms with Crippen molar-refractivity contribution in [3.05, 3.63) is 34.9 Å². The summed E-state index contributed by atoms with van der Waals surface area (Å²) in [6.07, 6.45) is 3.56. The molecule has 1 aliphatic carbocycles. The fraction of sp³-hybridized carbons (Fsp3) is 0.600. The third kappa shape index (κ3) is 4.19. The molecule has 6 heteroatoms. The van der Waals surface area contributed by atoms with Crippen molar-refractivity contribution in [2.75, 3.05) is 12.4 Å². The molecular formula is C15H20ClNO3S. The average molecular weight is 330 g/mol. The van der Waals surface area contributed by atoms with Gasteiger partial charge in [-0.25, -0.2) is 13.1 Å². The quantitative estimate of drug-likeness (QED) is 0.873. The van der Waals surface area contributed by atoms with Gasteiger partial charge in [-0.1, -0.05) is 23.7 Å². The van der Waals surface area contributed by atoms with Crippen LogP contribution in [-0.2, 0) is 14.8 Å². The van der Waals surface area contributed by atoms with Crippen molar-refractivity contribution < 1.29 is 13.2 Å². The topological polar surface area (TPSA) is 55.4 Å². The van der Waals surface area contributed by atoms with E-state index in [2.05, 4.69) is 4.72 Å². The number of benzene rings is 1. The fourth-order valence-corrected chi connectivity index (χ4v) is 4.49. The molecule has 0 amide bonds. The minimum atomic E-state index is -3.22. The molecule has 1 aromatic rings. The largest absolute Gasteiger partial charge is 0.378 e. The van der Waals surface area contributed by atoms with Crippen LogP contribution in [0, 0.1) is 0 Å². The van der Waals surface area contributed by atoms with Crippen LogP contribution in [0.1, 0.15) is 37.2 Å². The summed E-state index contributed by atoms with van der Waals surface area (Å²) in [4.78, 5) is 0. The number of sulfonamides is 1. The van der Waals surface area contributed by atoms with Crippen LogP contribution in [0.5, 0.6) is 0 Å². The average Bonchev–Trinajstić information content (AvgIpc) is 2.99. The Morgan fingerprint density at radius 1 is 1.38 bits per heavy atom. The summed E-state index contributed by atoms with van der Waals surface area (Å²) in [7, 11) is -3.22. The van der Waals surface area contributed by atoms with Gasteiger partial charge in [-0.05, 0) is 43.4 Å². The van der Waals surface area contributed by atoms with Crippen molar-refractivity contribution in [2.24, 2.45) is 0 Å². The molecule has 4 nitrogen and oxygen atoms in total. The second-order valence-electron chi connectivity index (χ2n) is 5.86. The van der Waals surface area contributed by atoms with Crippen LogP contribution in [0.2, 0.25) is 5.02 Å². The lowest BCUT2D eigenvalue weighted by molar-refractivity contribution is 0.109. The molecule has 0 aromatic heterocycles. The highest BCUT2D eigenvalue weighted by molar-refractivity contribution is 7.89. The Morgan fingerprint density at radius 2 is 2.24 bits per heavy atom. The maximum atomic E-state index is 12.1. The lowest BCUT2D eigenvalue weighted by atomic mass is 10.1. The van der Waals surface area contributed by atoms with Crippen LogP contribution in [0.3, 0.4) is 0 Å². The van der Waals surface area contributed by atoms with Gasteiger partial charge in [0.15, 0.2) is 0 Å². The summed E-state index contributed by atoms with van der Waals surface area (Å²) in [5.74, 6) is 0.400. The van der Waals surface area contributed by atoms with Gasteiger partial charge >= 0.3 is 0 Å². The lowest BCUT2D eigenvalue weighted by Crippen LogP contribution is -2.30. The third-order valence-corrected chi connectivity index (χ3v) is 5.80. The van der Waals surface area contributed by atoms with Gasteiger partial charge < -0.3 is 4.74 Å². The minimum absolute atomic E-state index is 0.0120. The van der Waals surface area contributed by atoms with Crippen LogP contribution in [-0.4, -0.2) is 32.9 Å². The summed E-state index contributed by atoms with van der Waals surface area (Å²) >= 11 is 5.97. The van der Waals surface area contributed by atoms with E-state index in [1.165, 1.54) is 0 Å². The molecule has 3 rings (SSSR count). The van der Waals surface area contributed by atoms with Gasteiger partial charge in [0.05, 0.1) is 11.9 Å². The Balaban J connectivity index is 1.50. The highest BCUT2D eigenvalue weighted by Crippen LogP contribution is 2.41. The Labute approximate surface area is 130 Å². The molecule has 1 saturated heterocycles. The zero-order valence-electron chi connectivity index (χ0n) is 11.8. The molecule has 1 saturated carbocycles. The van der Waals surface area contributed by atoms with Gasteiger partial charge in [-0.2, -0.15) is 0 Å². The minimum Gasteiger partial charge on any atom is -0.378 e. The number of nitrogens with one attached hydrogen (secondary N) is 1. The van der Waals surface area contributed by atoms with Gasteiger partial charge in [0, 0.05) is 23.6 Å². The Morgan fingerprint density at radius 3 is 2.95 bits per heavy atom. The Hall–Kier alpha value is -0.620. The summed E-state index contributed by atoms with van der Waals surface area (Å²) in [6.45, 7) is 0.762. The summed E-state index contributed by atoms with van der Waals surface area (Å²) in [5, 5.41) is 0.694. The molecule has 21 heavy (non-hydrogen) atoms. The number of hydrogen-bond acceptors (Lipinski definition) is 3. The van der Waals surface area contributed by atoms with Crippen LogP contribution < -0.4 is 4.72 Å². The molecule has 0 spiro atoms. The fourth-order valence-electron chi connectivity index (χ4n) is 2.88. The first-order valence-corrected chi connectivity index (χ1v) is 9.43. The van der Waals surface area contributed by atoms with Crippen molar-refractivity contribution >= 4 is 21.6 Å². The van der Waals surface area contributed by atoms with Gasteiger partial charge in [0.2, 0.25) is 10.0 Å². The van der Waals surface area contributed by atoms with E-state index in [0.29, 0.717) is 11.4 Å². The van der Waals surface area contributed by atoms with E-state index in [9.17, 15) is 8.42 Å². The van der Waals surface area contributed by atoms with Crippen molar-refractivity contribution in [2.45, 2.75) is 43.7 Å². The molecule has 116 valence electrons. The third-order valence-electron chi connectivity index (χ3n) is 4.13. The lowest BCUT2D eigenvalue weighted by Gasteiger charge is -2.10. The smallest absolute Gasteiger partial charge is 0.211 e. The molecular weight excluding hydrogens is 310 g/mol. The van der Waals surface area contributed by atoms with E-state index < -0.39 is 10.0 Å². The maximum absolute atomic E-state index is 12.1. The van der Waals surface area contributed by atoms with E-state index >= 15 is 0 Å². The SMILES string of the molecule is O=S(=O)(CC[C@@H]1CCCO1)N[C@@H]1C[C@H]1c1cccc(Cl)c1. The molecule has 1 aliphatic heterocycles. The van der Waals surface area contributed by atoms with E-state index in [-0.39, 0.29) is 23.8 Å². The number of rotatable bonds is 6. The van der Waals surface area contributed by atoms with Crippen molar-refractivity contribution in [3.8, 4) is 0 Å². The first-order chi connectivity index (χ1) is 10.0. The van der Waals surface area contributed by atoms with Gasteiger partial charge in [-0.3, -0.25) is 0 Å². The van der Waals surface area contributed by atoms with Crippen LogP contribution in [0.4, 0.5) is 0 Å². The molecule has 0 radical (unpaired) electrons. The highest BCUT2D eigenvalue weighted by atomic mass is 35.5. The van der Waals surface area contributed by atoms with E-state index in [4.69, 9.17) is 16.3 Å². The molecule has 1 N–H and O–H groups in total. The predicted octanol–water partition coefficient (Wildman–Crippen LogP) is 2.68. The molecule has 0 unspecified atom stereocenters. The molecule has 0 bridgehead atoms. The van der Waals surface area contributed by atoms with Gasteiger partial charge in [0.25, 0.3) is 0 Å². The Bertz CT molecular complexity index is 599. The predicted molar refractivity (Wildman–Crippen MR) is 83.1 cm³/mol. The van der Waals surface area contributed by atoms with Crippen molar-refractivity contribution in [1.82, 2.24) is 4.72 Å². The summed E-state index contributed by atoms with van der Waals surface area (Å²) < 4.78 is 32.4. The number of halogens is 1. The monoisotopic (exact) mass is 329 g/mol. The van der Waals surface area contributed by atoms with E-state index in [0.717, 1.165) is 31.4 Å². The first-order valence-electron chi connectivity index (χ1n) is 7.40. The van der Waals surface area contributed by atoms with E-state index in [1.807, 2.05) is 24.3 Å². The maximum Gasteiger partial charge on any atom is 0.211 e. The number of hydrogen-bond donors (Lipinski definition) is 1. The molecule has 3 atom stereocenters.